The van der Waals surface area contributed by atoms with Crippen molar-refractivity contribution in [2.75, 3.05) is 7.11 Å². The Balaban J connectivity index is 2.46. The van der Waals surface area contributed by atoms with E-state index in [1.807, 2.05) is 0 Å². The van der Waals surface area contributed by atoms with Crippen molar-refractivity contribution in [3.63, 3.8) is 0 Å². The lowest BCUT2D eigenvalue weighted by atomic mass is 10.0. The molecule has 0 amide bonds. The van der Waals surface area contributed by atoms with Gasteiger partial charge in [0.25, 0.3) is 0 Å². The molecule has 2 aromatic rings. The highest BCUT2D eigenvalue weighted by Gasteiger charge is 2.15. The average molecular weight is 323 g/mol. The minimum Gasteiger partial charge on any atom is -0.496 e. The SMILES string of the molecule is COc1cc(Br)ccc1C(=O)c1ccc(F)c(C)c1. The van der Waals surface area contributed by atoms with Gasteiger partial charge in [-0.3, -0.25) is 4.79 Å². The maximum atomic E-state index is 13.2. The van der Waals surface area contributed by atoms with Crippen LogP contribution in [-0.2, 0) is 0 Å². The fourth-order valence-corrected chi connectivity index (χ4v) is 2.13. The van der Waals surface area contributed by atoms with Gasteiger partial charge in [0.15, 0.2) is 5.78 Å². The molecule has 0 fully saturated rings. The number of ether oxygens (including phenoxy) is 1. The Hall–Kier alpha value is -1.68. The number of carbonyl (C=O) groups excluding carboxylic acids is 1. The van der Waals surface area contributed by atoms with Crippen molar-refractivity contribution in [1.29, 1.82) is 0 Å². The first-order valence-corrected chi connectivity index (χ1v) is 6.46. The van der Waals surface area contributed by atoms with Gasteiger partial charge in [-0.25, -0.2) is 4.39 Å². The predicted molar refractivity (Wildman–Crippen MR) is 75.3 cm³/mol. The molecule has 0 unspecified atom stereocenters. The lowest BCUT2D eigenvalue weighted by Crippen LogP contribution is -2.04. The Kier molecular flexibility index (Phi) is 4.00. The van der Waals surface area contributed by atoms with E-state index in [9.17, 15) is 9.18 Å². The summed E-state index contributed by atoms with van der Waals surface area (Å²) in [7, 11) is 1.51. The lowest BCUT2D eigenvalue weighted by Gasteiger charge is -2.09. The molecule has 0 atom stereocenters. The third kappa shape index (κ3) is 2.84. The zero-order valence-electron chi connectivity index (χ0n) is 10.5. The first kappa shape index (κ1) is 13.7. The molecular formula is C15H12BrFO2. The molecule has 0 aromatic heterocycles. The summed E-state index contributed by atoms with van der Waals surface area (Å²) in [4.78, 5) is 12.4. The molecule has 0 saturated carbocycles. The van der Waals surface area contributed by atoms with E-state index < -0.39 is 0 Å². The summed E-state index contributed by atoms with van der Waals surface area (Å²) in [5.74, 6) is -0.0203. The van der Waals surface area contributed by atoms with E-state index in [2.05, 4.69) is 15.9 Å². The summed E-state index contributed by atoms with van der Waals surface area (Å²) in [5, 5.41) is 0. The van der Waals surface area contributed by atoms with Crippen molar-refractivity contribution in [2.45, 2.75) is 6.92 Å². The standard InChI is InChI=1S/C15H12BrFO2/c1-9-7-10(3-6-13(9)17)15(18)12-5-4-11(16)8-14(12)19-2/h3-8H,1-2H3. The third-order valence-electron chi connectivity index (χ3n) is 2.83. The van der Waals surface area contributed by atoms with Crippen molar-refractivity contribution in [3.8, 4) is 5.75 Å². The quantitative estimate of drug-likeness (QED) is 0.794. The third-order valence-corrected chi connectivity index (χ3v) is 3.32. The van der Waals surface area contributed by atoms with Crippen LogP contribution in [-0.4, -0.2) is 12.9 Å². The molecule has 0 heterocycles. The van der Waals surface area contributed by atoms with E-state index in [1.54, 1.807) is 31.2 Å². The zero-order chi connectivity index (χ0) is 14.0. The predicted octanol–water partition coefficient (Wildman–Crippen LogP) is 4.14. The summed E-state index contributed by atoms with van der Waals surface area (Å²) < 4.78 is 19.2. The Morgan fingerprint density at radius 1 is 1.21 bits per heavy atom. The molecule has 0 N–H and O–H groups in total. The maximum Gasteiger partial charge on any atom is 0.196 e. The van der Waals surface area contributed by atoms with Gasteiger partial charge in [0.1, 0.15) is 11.6 Å². The highest BCUT2D eigenvalue weighted by atomic mass is 79.9. The minimum absolute atomic E-state index is 0.188. The molecule has 0 spiro atoms. The van der Waals surface area contributed by atoms with Gasteiger partial charge in [0.05, 0.1) is 12.7 Å². The number of carbonyl (C=O) groups is 1. The van der Waals surface area contributed by atoms with Gasteiger partial charge >= 0.3 is 0 Å². The topological polar surface area (TPSA) is 26.3 Å². The van der Waals surface area contributed by atoms with Crippen molar-refractivity contribution < 1.29 is 13.9 Å². The molecule has 19 heavy (non-hydrogen) atoms. The number of rotatable bonds is 3. The molecule has 2 nitrogen and oxygen atoms in total. The smallest absolute Gasteiger partial charge is 0.196 e. The van der Waals surface area contributed by atoms with Gasteiger partial charge in [-0.2, -0.15) is 0 Å². The van der Waals surface area contributed by atoms with Crippen LogP contribution in [0.2, 0.25) is 0 Å². The van der Waals surface area contributed by atoms with Crippen molar-refractivity contribution >= 4 is 21.7 Å². The second-order valence-corrected chi connectivity index (χ2v) is 5.05. The normalized spacial score (nSPS) is 10.3. The summed E-state index contributed by atoms with van der Waals surface area (Å²) in [6.07, 6.45) is 0. The van der Waals surface area contributed by atoms with Crippen LogP contribution < -0.4 is 4.74 Å². The zero-order valence-corrected chi connectivity index (χ0v) is 12.1. The van der Waals surface area contributed by atoms with Gasteiger partial charge in [-0.05, 0) is 48.9 Å². The van der Waals surface area contributed by atoms with Gasteiger partial charge in [0, 0.05) is 10.0 Å². The number of benzene rings is 2. The lowest BCUT2D eigenvalue weighted by molar-refractivity contribution is 0.103. The molecule has 0 aliphatic rings. The fraction of sp³-hybridized carbons (Fsp3) is 0.133. The van der Waals surface area contributed by atoms with Crippen molar-refractivity contribution in [3.05, 3.63) is 63.4 Å². The molecule has 2 aromatic carbocycles. The number of hydrogen-bond acceptors (Lipinski definition) is 2. The number of methoxy groups -OCH3 is 1. The first-order chi connectivity index (χ1) is 9.02. The molecule has 4 heteroatoms. The van der Waals surface area contributed by atoms with E-state index in [-0.39, 0.29) is 11.6 Å². The van der Waals surface area contributed by atoms with Crippen LogP contribution in [0.3, 0.4) is 0 Å². The van der Waals surface area contributed by atoms with Crippen LogP contribution in [0.25, 0.3) is 0 Å². The molecule has 0 aliphatic heterocycles. The van der Waals surface area contributed by atoms with Crippen LogP contribution in [0, 0.1) is 12.7 Å². The van der Waals surface area contributed by atoms with Gasteiger partial charge in [-0.15, -0.1) is 0 Å². The highest BCUT2D eigenvalue weighted by molar-refractivity contribution is 9.10. The number of halogens is 2. The summed E-state index contributed by atoms with van der Waals surface area (Å²) in [6.45, 7) is 1.63. The van der Waals surface area contributed by atoms with Gasteiger partial charge in [-0.1, -0.05) is 15.9 Å². The molecule has 0 saturated heterocycles. The Morgan fingerprint density at radius 2 is 1.95 bits per heavy atom. The largest absolute Gasteiger partial charge is 0.496 e. The molecular weight excluding hydrogens is 311 g/mol. The summed E-state index contributed by atoms with van der Waals surface area (Å²) >= 11 is 3.32. The maximum absolute atomic E-state index is 13.2. The van der Waals surface area contributed by atoms with Crippen LogP contribution >= 0.6 is 15.9 Å². The second-order valence-electron chi connectivity index (χ2n) is 4.14. The van der Waals surface area contributed by atoms with Crippen molar-refractivity contribution in [2.24, 2.45) is 0 Å². The number of ketones is 1. The van der Waals surface area contributed by atoms with Gasteiger partial charge in [0.2, 0.25) is 0 Å². The molecule has 98 valence electrons. The molecule has 2 rings (SSSR count). The van der Waals surface area contributed by atoms with Crippen molar-refractivity contribution in [1.82, 2.24) is 0 Å². The fourth-order valence-electron chi connectivity index (χ4n) is 1.79. The van der Waals surface area contributed by atoms with Gasteiger partial charge < -0.3 is 4.74 Å². The minimum atomic E-state index is -0.320. The molecule has 0 radical (unpaired) electrons. The highest BCUT2D eigenvalue weighted by Crippen LogP contribution is 2.26. The monoisotopic (exact) mass is 322 g/mol. The van der Waals surface area contributed by atoms with E-state index >= 15 is 0 Å². The Morgan fingerprint density at radius 3 is 2.58 bits per heavy atom. The van der Waals surface area contributed by atoms with Crippen LogP contribution in [0.15, 0.2) is 40.9 Å². The summed E-state index contributed by atoms with van der Waals surface area (Å²) in [5.41, 5.74) is 1.35. The van der Waals surface area contributed by atoms with E-state index in [4.69, 9.17) is 4.74 Å². The van der Waals surface area contributed by atoms with E-state index in [1.165, 1.54) is 19.2 Å². The van der Waals surface area contributed by atoms with Crippen LogP contribution in [0.1, 0.15) is 21.5 Å². The van der Waals surface area contributed by atoms with E-state index in [0.29, 0.717) is 22.4 Å². The Labute approximate surface area is 119 Å². The van der Waals surface area contributed by atoms with E-state index in [0.717, 1.165) is 4.47 Å². The Bertz CT molecular complexity index is 638. The molecule has 0 aliphatic carbocycles. The van der Waals surface area contributed by atoms with Crippen LogP contribution in [0.5, 0.6) is 5.75 Å². The molecule has 0 bridgehead atoms. The number of hydrogen-bond donors (Lipinski definition) is 0. The second kappa shape index (κ2) is 5.53. The first-order valence-electron chi connectivity index (χ1n) is 5.67. The number of aryl methyl sites for hydroxylation is 1. The van der Waals surface area contributed by atoms with Crippen LogP contribution in [0.4, 0.5) is 4.39 Å². The average Bonchev–Trinajstić information content (AvgIpc) is 2.41. The summed E-state index contributed by atoms with van der Waals surface area (Å²) in [6, 6.07) is 9.50.